The standard InChI is InChI=1S/C56H31Br2N4.C40H24Br2N2.2Ir/c57-46-12-7-10-39(33-46)54-26-24-41(35-61-54)49-15-2-5-18-52(49)44-30-43(51-17-4-1-14-48(51)37-20-22-38(23-21-37)56-59-28-9-29-60-56)31-45(32-44)53-19-6-3-16-50(53)42-25-27-55(62-36-42)40-11-8-13-47(58)34-40;41-33-12-6-10-29(23-33)39-20-18-31(25-43-39)37-16-3-1-14-35(37)27-8-5-9-28(22-27)36-15-2-4-17-38(36)32-19-21-40(44-26-32)30-11-7-13-34(42)24-30;;/h1-9,12-13,15-21,24-36H;1-9,12-26H;;/q-5;-2;;+3. The SMILES string of the molecule is Brc1cc[c-]c(-c2ccc(-c3ccccc3-c3cc(-c4ccc[c-]c4-c4c[c-]c(-c5ncccn5)[c-]c4)cc(-c4ccccc4-c4ccc(-c5[c-]ccc(Br)c5)nc4)c3)cn2)c1.Brc1cc[c-]c(-c2ccc(-c3ccccc3-c3cccc(-c4ccccc4-c4ccc(-c5[c-]ccc(Br)c5)nc4)c3)cn2)c1.[Ir+3].[Ir]. The van der Waals surface area contributed by atoms with Crippen LogP contribution in [0.5, 0.6) is 0 Å². The predicted octanol–water partition coefficient (Wildman–Crippen LogP) is 26.4. The largest absolute Gasteiger partial charge is 3.00 e. The first-order valence-electron chi connectivity index (χ1n) is 34.1. The molecule has 17 rings (SSSR count). The van der Waals surface area contributed by atoms with Crippen LogP contribution in [0.4, 0.5) is 0 Å². The Labute approximate surface area is 689 Å². The molecular weight excluding hydrogens is 1940 g/mol. The van der Waals surface area contributed by atoms with E-state index in [4.69, 9.17) is 19.9 Å². The van der Waals surface area contributed by atoms with Gasteiger partial charge in [0.1, 0.15) is 0 Å². The summed E-state index contributed by atoms with van der Waals surface area (Å²) < 4.78 is 4.00. The number of rotatable bonds is 15. The van der Waals surface area contributed by atoms with Crippen molar-refractivity contribution in [3.05, 3.63) is 395 Å². The summed E-state index contributed by atoms with van der Waals surface area (Å²) in [5.41, 5.74) is 29.5. The minimum Gasteiger partial charge on any atom is -0.333 e. The van der Waals surface area contributed by atoms with Gasteiger partial charge in [-0.25, -0.2) is 23.3 Å². The van der Waals surface area contributed by atoms with Crippen molar-refractivity contribution in [1.82, 2.24) is 29.9 Å². The van der Waals surface area contributed by atoms with Gasteiger partial charge in [0.25, 0.3) is 0 Å². The topological polar surface area (TPSA) is 77.3 Å². The van der Waals surface area contributed by atoms with Gasteiger partial charge in [0.2, 0.25) is 0 Å². The second-order valence-corrected chi connectivity index (χ2v) is 28.6. The number of hydrogen-bond acceptors (Lipinski definition) is 6. The smallest absolute Gasteiger partial charge is 0.333 e. The van der Waals surface area contributed by atoms with Crippen molar-refractivity contribution in [2.45, 2.75) is 0 Å². The first-order chi connectivity index (χ1) is 52.2. The van der Waals surface area contributed by atoms with Gasteiger partial charge in [-0.3, -0.25) is 12.1 Å². The van der Waals surface area contributed by atoms with E-state index in [1.807, 2.05) is 122 Å². The van der Waals surface area contributed by atoms with E-state index in [2.05, 4.69) is 310 Å². The molecule has 0 bridgehead atoms. The second kappa shape index (κ2) is 34.6. The van der Waals surface area contributed by atoms with Crippen LogP contribution >= 0.6 is 63.7 Å². The van der Waals surface area contributed by atoms with Crippen LogP contribution in [-0.2, 0) is 40.2 Å². The van der Waals surface area contributed by atoms with Crippen molar-refractivity contribution in [2.24, 2.45) is 0 Å². The van der Waals surface area contributed by atoms with Crippen LogP contribution in [0.15, 0.2) is 352 Å². The van der Waals surface area contributed by atoms with E-state index < -0.39 is 0 Å². The maximum Gasteiger partial charge on any atom is 3.00 e. The Bertz CT molecular complexity index is 5710. The quantitative estimate of drug-likeness (QED) is 0.0952. The predicted molar refractivity (Wildman–Crippen MR) is 444 cm³/mol. The molecule has 0 aliphatic heterocycles. The van der Waals surface area contributed by atoms with E-state index in [0.29, 0.717) is 11.4 Å². The monoisotopic (exact) mass is 1990 g/mol. The Balaban J connectivity index is 0.000000188. The van der Waals surface area contributed by atoms with Crippen LogP contribution in [0.1, 0.15) is 0 Å². The molecule has 6 nitrogen and oxygen atoms in total. The fourth-order valence-corrected chi connectivity index (χ4v) is 14.5. The van der Waals surface area contributed by atoms with Crippen molar-refractivity contribution >= 4 is 63.7 Å². The summed E-state index contributed by atoms with van der Waals surface area (Å²) in [6, 6.07) is 125. The number of hydrogen-bond donors (Lipinski definition) is 0. The molecule has 0 saturated heterocycles. The molecule has 0 spiro atoms. The van der Waals surface area contributed by atoms with Crippen LogP contribution in [0.2, 0.25) is 0 Å². The van der Waals surface area contributed by atoms with Gasteiger partial charge in [-0.2, -0.15) is 11.6 Å². The van der Waals surface area contributed by atoms with Gasteiger partial charge in [0.05, 0.1) is 0 Å². The third kappa shape index (κ3) is 16.9. The van der Waals surface area contributed by atoms with Crippen LogP contribution < -0.4 is 0 Å². The van der Waals surface area contributed by atoms with Crippen molar-refractivity contribution in [3.63, 3.8) is 0 Å². The molecular formula is C96H55Br4Ir2N6-4. The van der Waals surface area contributed by atoms with E-state index in [1.165, 1.54) is 0 Å². The van der Waals surface area contributed by atoms with Crippen molar-refractivity contribution in [1.29, 1.82) is 0 Å². The van der Waals surface area contributed by atoms with Crippen LogP contribution in [0, 0.1) is 42.5 Å². The molecule has 0 atom stereocenters. The van der Waals surface area contributed by atoms with E-state index in [1.54, 1.807) is 18.5 Å². The summed E-state index contributed by atoms with van der Waals surface area (Å²) in [6.45, 7) is 0. The second-order valence-electron chi connectivity index (χ2n) is 24.9. The molecule has 0 aliphatic rings. The fourth-order valence-electron chi connectivity index (χ4n) is 13.1. The minimum absolute atomic E-state index is 0. The van der Waals surface area contributed by atoms with E-state index in [9.17, 15) is 0 Å². The molecule has 108 heavy (non-hydrogen) atoms. The van der Waals surface area contributed by atoms with Gasteiger partial charge in [0.15, 0.2) is 0 Å². The summed E-state index contributed by atoms with van der Waals surface area (Å²) >= 11 is 14.3. The molecule has 519 valence electrons. The summed E-state index contributed by atoms with van der Waals surface area (Å²) in [5.74, 6) is 0.582. The Hall–Kier alpha value is -10.5. The Morgan fingerprint density at radius 3 is 0.861 bits per heavy atom. The van der Waals surface area contributed by atoms with Crippen LogP contribution in [0.3, 0.4) is 0 Å². The molecule has 12 aromatic carbocycles. The molecule has 12 heteroatoms. The van der Waals surface area contributed by atoms with Crippen molar-refractivity contribution in [2.75, 3.05) is 0 Å². The molecule has 0 amide bonds. The van der Waals surface area contributed by atoms with Gasteiger partial charge in [-0.1, -0.05) is 263 Å². The molecule has 0 saturated carbocycles. The van der Waals surface area contributed by atoms with Crippen molar-refractivity contribution < 1.29 is 40.2 Å². The third-order valence-electron chi connectivity index (χ3n) is 18.2. The molecule has 1 radical (unpaired) electrons. The van der Waals surface area contributed by atoms with Gasteiger partial charge in [0, 0.05) is 57.3 Å². The van der Waals surface area contributed by atoms with Crippen LogP contribution in [0.25, 0.3) is 168 Å². The molecule has 0 fully saturated rings. The van der Waals surface area contributed by atoms with Gasteiger partial charge < -0.3 is 29.9 Å². The average Bonchev–Trinajstić information content (AvgIpc) is 0.789. The number of aromatic nitrogens is 6. The number of pyridine rings is 4. The maximum absolute atomic E-state index is 4.90. The fraction of sp³-hybridized carbons (Fsp3) is 0. The molecule has 5 aromatic heterocycles. The van der Waals surface area contributed by atoms with Gasteiger partial charge in [-0.15, -0.1) is 143 Å². The van der Waals surface area contributed by atoms with Gasteiger partial charge in [-0.05, 0) is 136 Å². The molecule has 5 heterocycles. The summed E-state index contributed by atoms with van der Waals surface area (Å²) in [7, 11) is 0. The summed E-state index contributed by atoms with van der Waals surface area (Å²) in [4.78, 5) is 28.1. The number of halogens is 4. The van der Waals surface area contributed by atoms with Crippen molar-refractivity contribution in [3.8, 4) is 168 Å². The van der Waals surface area contributed by atoms with E-state index in [0.717, 1.165) is 174 Å². The van der Waals surface area contributed by atoms with E-state index in [-0.39, 0.29) is 40.2 Å². The van der Waals surface area contributed by atoms with E-state index >= 15 is 0 Å². The average molecular weight is 2000 g/mol. The summed E-state index contributed by atoms with van der Waals surface area (Å²) in [5, 5.41) is 0. The Kier molecular flexibility index (Phi) is 23.8. The zero-order valence-corrected chi connectivity index (χ0v) is 68.3. The molecule has 0 N–H and O–H groups in total. The van der Waals surface area contributed by atoms with Gasteiger partial charge >= 0.3 is 20.1 Å². The number of nitrogens with zero attached hydrogens (tertiary/aromatic N) is 6. The normalized spacial score (nSPS) is 10.8. The third-order valence-corrected chi connectivity index (χ3v) is 20.2. The number of benzene rings is 12. The first-order valence-corrected chi connectivity index (χ1v) is 37.2. The maximum atomic E-state index is 4.90. The Morgan fingerprint density at radius 1 is 0.231 bits per heavy atom. The minimum atomic E-state index is 0. The van der Waals surface area contributed by atoms with Crippen LogP contribution in [-0.4, -0.2) is 29.9 Å². The Morgan fingerprint density at radius 2 is 0.537 bits per heavy atom. The zero-order valence-electron chi connectivity index (χ0n) is 57.1. The molecule has 0 unspecified atom stereocenters. The molecule has 0 aliphatic carbocycles. The summed E-state index contributed by atoms with van der Waals surface area (Å²) in [6.07, 6.45) is 11.3. The molecule has 17 aromatic rings. The first kappa shape index (κ1) is 74.4. The zero-order chi connectivity index (χ0) is 71.7.